The second kappa shape index (κ2) is 5.55. The minimum absolute atomic E-state index is 0.356. The van der Waals surface area contributed by atoms with Crippen molar-refractivity contribution in [1.29, 1.82) is 0 Å². The number of likely N-dealkylation sites (tertiary alicyclic amines) is 1. The summed E-state index contributed by atoms with van der Waals surface area (Å²) in [4.78, 5) is 2.44. The molecule has 2 nitrogen and oxygen atoms in total. The number of hydrogen-bond donors (Lipinski definition) is 1. The molecule has 1 aliphatic rings. The molecular formula is C13H18ClNO. The van der Waals surface area contributed by atoms with Gasteiger partial charge in [-0.2, -0.15) is 0 Å². The van der Waals surface area contributed by atoms with Gasteiger partial charge in [-0.15, -0.1) is 11.6 Å². The van der Waals surface area contributed by atoms with Gasteiger partial charge in [-0.05, 0) is 43.0 Å². The summed E-state index contributed by atoms with van der Waals surface area (Å²) >= 11 is 5.76. The Morgan fingerprint density at radius 3 is 3.06 bits per heavy atom. The van der Waals surface area contributed by atoms with Crippen LogP contribution in [0.25, 0.3) is 0 Å². The molecule has 2 rings (SSSR count). The summed E-state index contributed by atoms with van der Waals surface area (Å²) in [5.74, 6) is 1.88. The number of phenols is 1. The highest BCUT2D eigenvalue weighted by Gasteiger charge is 2.21. The highest BCUT2D eigenvalue weighted by Crippen LogP contribution is 2.22. The first-order valence-corrected chi connectivity index (χ1v) is 6.37. The summed E-state index contributed by atoms with van der Waals surface area (Å²) in [6.45, 7) is 3.23. The molecule has 1 aliphatic heterocycles. The molecule has 1 aromatic rings. The van der Waals surface area contributed by atoms with E-state index in [4.69, 9.17) is 11.6 Å². The van der Waals surface area contributed by atoms with E-state index in [1.807, 2.05) is 12.1 Å². The fraction of sp³-hybridized carbons (Fsp3) is 0.538. The Balaban J connectivity index is 1.87. The average Bonchev–Trinajstić information content (AvgIpc) is 2.66. The highest BCUT2D eigenvalue weighted by molar-refractivity contribution is 6.17. The molecule has 0 spiro atoms. The largest absolute Gasteiger partial charge is 0.508 e. The number of aromatic hydroxyl groups is 1. The Kier molecular flexibility index (Phi) is 4.08. The van der Waals surface area contributed by atoms with Crippen molar-refractivity contribution < 1.29 is 5.11 Å². The summed E-state index contributed by atoms with van der Waals surface area (Å²) in [6, 6.07) is 7.52. The minimum atomic E-state index is 0.356. The maximum atomic E-state index is 9.39. The smallest absolute Gasteiger partial charge is 0.115 e. The zero-order valence-corrected chi connectivity index (χ0v) is 10.2. The van der Waals surface area contributed by atoms with Crippen LogP contribution in [0.5, 0.6) is 5.75 Å². The van der Waals surface area contributed by atoms with Gasteiger partial charge in [-0.1, -0.05) is 12.1 Å². The van der Waals surface area contributed by atoms with E-state index in [9.17, 15) is 5.11 Å². The molecule has 3 heteroatoms. The molecular weight excluding hydrogens is 222 g/mol. The zero-order chi connectivity index (χ0) is 11.4. The first kappa shape index (κ1) is 11.7. The number of nitrogens with zero attached hydrogens (tertiary/aromatic N) is 1. The Bertz CT molecular complexity index is 342. The van der Waals surface area contributed by atoms with Crippen LogP contribution in [0.3, 0.4) is 0 Å². The second-order valence-corrected chi connectivity index (χ2v) is 4.92. The first-order chi connectivity index (χ1) is 7.78. The molecule has 88 valence electrons. The SMILES string of the molecule is Oc1cccc(CN2CCC(CCCl)C2)c1. The molecule has 0 amide bonds. The standard InChI is InChI=1S/C13H18ClNO/c14-6-4-11-5-7-15(9-11)10-12-2-1-3-13(16)8-12/h1-3,8,11,16H,4-7,9-10H2. The molecule has 0 aromatic heterocycles. The zero-order valence-electron chi connectivity index (χ0n) is 9.40. The molecule has 0 bridgehead atoms. The van der Waals surface area contributed by atoms with Crippen molar-refractivity contribution in [2.75, 3.05) is 19.0 Å². The van der Waals surface area contributed by atoms with Gasteiger partial charge in [0.2, 0.25) is 0 Å². The van der Waals surface area contributed by atoms with Crippen molar-refractivity contribution >= 4 is 11.6 Å². The van der Waals surface area contributed by atoms with E-state index in [-0.39, 0.29) is 0 Å². The molecule has 1 N–H and O–H groups in total. The number of phenolic OH excluding ortho intramolecular Hbond substituents is 1. The van der Waals surface area contributed by atoms with Gasteiger partial charge >= 0.3 is 0 Å². The Morgan fingerprint density at radius 2 is 2.31 bits per heavy atom. The fourth-order valence-corrected chi connectivity index (χ4v) is 2.67. The lowest BCUT2D eigenvalue weighted by molar-refractivity contribution is 0.315. The van der Waals surface area contributed by atoms with Crippen LogP contribution < -0.4 is 0 Å². The third-order valence-electron chi connectivity index (χ3n) is 3.20. The van der Waals surface area contributed by atoms with Crippen molar-refractivity contribution in [3.05, 3.63) is 29.8 Å². The number of benzene rings is 1. The third-order valence-corrected chi connectivity index (χ3v) is 3.42. The molecule has 16 heavy (non-hydrogen) atoms. The van der Waals surface area contributed by atoms with E-state index < -0.39 is 0 Å². The van der Waals surface area contributed by atoms with E-state index in [1.54, 1.807) is 6.07 Å². The summed E-state index contributed by atoms with van der Waals surface area (Å²) < 4.78 is 0. The van der Waals surface area contributed by atoms with Crippen molar-refractivity contribution in [3.8, 4) is 5.75 Å². The van der Waals surface area contributed by atoms with Gasteiger partial charge in [0, 0.05) is 19.0 Å². The summed E-state index contributed by atoms with van der Waals surface area (Å²) in [7, 11) is 0. The van der Waals surface area contributed by atoms with Gasteiger partial charge in [0.1, 0.15) is 5.75 Å². The summed E-state index contributed by atoms with van der Waals surface area (Å²) in [5.41, 5.74) is 1.19. The number of hydrogen-bond acceptors (Lipinski definition) is 2. The van der Waals surface area contributed by atoms with Crippen LogP contribution in [0.1, 0.15) is 18.4 Å². The Morgan fingerprint density at radius 1 is 1.44 bits per heavy atom. The van der Waals surface area contributed by atoms with Crippen molar-refractivity contribution in [2.45, 2.75) is 19.4 Å². The third kappa shape index (κ3) is 3.13. The van der Waals surface area contributed by atoms with Crippen molar-refractivity contribution in [3.63, 3.8) is 0 Å². The summed E-state index contributed by atoms with van der Waals surface area (Å²) in [6.07, 6.45) is 2.38. The maximum Gasteiger partial charge on any atom is 0.115 e. The molecule has 1 aromatic carbocycles. The van der Waals surface area contributed by atoms with E-state index in [0.29, 0.717) is 5.75 Å². The van der Waals surface area contributed by atoms with Crippen LogP contribution in [0.4, 0.5) is 0 Å². The molecule has 1 saturated heterocycles. The van der Waals surface area contributed by atoms with Crippen LogP contribution in [-0.4, -0.2) is 29.0 Å². The molecule has 0 radical (unpaired) electrons. The molecule has 1 fully saturated rings. The minimum Gasteiger partial charge on any atom is -0.508 e. The van der Waals surface area contributed by atoms with Gasteiger partial charge in [0.25, 0.3) is 0 Å². The number of alkyl halides is 1. The van der Waals surface area contributed by atoms with Crippen LogP contribution in [0.2, 0.25) is 0 Å². The predicted octanol–water partition coefficient (Wildman–Crippen LogP) is 2.84. The highest BCUT2D eigenvalue weighted by atomic mass is 35.5. The lowest BCUT2D eigenvalue weighted by Gasteiger charge is -2.15. The lowest BCUT2D eigenvalue weighted by Crippen LogP contribution is -2.20. The fourth-order valence-electron chi connectivity index (χ4n) is 2.36. The Labute approximate surface area is 102 Å². The molecule has 0 aliphatic carbocycles. The van der Waals surface area contributed by atoms with Crippen LogP contribution in [0, 0.1) is 5.92 Å². The predicted molar refractivity (Wildman–Crippen MR) is 66.8 cm³/mol. The van der Waals surface area contributed by atoms with Gasteiger partial charge in [-0.3, -0.25) is 4.90 Å². The molecule has 1 atom stereocenters. The maximum absolute atomic E-state index is 9.39. The molecule has 0 saturated carbocycles. The topological polar surface area (TPSA) is 23.5 Å². The van der Waals surface area contributed by atoms with Gasteiger partial charge in [0.15, 0.2) is 0 Å². The van der Waals surface area contributed by atoms with Crippen LogP contribution in [0.15, 0.2) is 24.3 Å². The number of halogens is 1. The normalized spacial score (nSPS) is 21.4. The monoisotopic (exact) mass is 239 g/mol. The Hall–Kier alpha value is -0.730. The van der Waals surface area contributed by atoms with Gasteiger partial charge in [0.05, 0.1) is 0 Å². The second-order valence-electron chi connectivity index (χ2n) is 4.54. The molecule has 1 heterocycles. The van der Waals surface area contributed by atoms with Crippen LogP contribution >= 0.6 is 11.6 Å². The van der Waals surface area contributed by atoms with E-state index in [2.05, 4.69) is 11.0 Å². The lowest BCUT2D eigenvalue weighted by atomic mass is 10.1. The number of rotatable bonds is 4. The first-order valence-electron chi connectivity index (χ1n) is 5.84. The van der Waals surface area contributed by atoms with E-state index in [1.165, 1.54) is 12.0 Å². The van der Waals surface area contributed by atoms with E-state index >= 15 is 0 Å². The van der Waals surface area contributed by atoms with Gasteiger partial charge < -0.3 is 5.11 Å². The molecule has 1 unspecified atom stereocenters. The van der Waals surface area contributed by atoms with E-state index in [0.717, 1.165) is 37.9 Å². The quantitative estimate of drug-likeness (QED) is 0.817. The van der Waals surface area contributed by atoms with Crippen molar-refractivity contribution in [2.24, 2.45) is 5.92 Å². The van der Waals surface area contributed by atoms with Crippen molar-refractivity contribution in [1.82, 2.24) is 4.90 Å². The average molecular weight is 240 g/mol. The summed E-state index contributed by atoms with van der Waals surface area (Å²) in [5, 5.41) is 9.39. The van der Waals surface area contributed by atoms with Crippen LogP contribution in [-0.2, 0) is 6.54 Å². The van der Waals surface area contributed by atoms with Gasteiger partial charge in [-0.25, -0.2) is 0 Å².